The first-order valence-electron chi connectivity index (χ1n) is 9.85. The molecule has 1 amide bonds. The minimum absolute atomic E-state index is 0.501. The Morgan fingerprint density at radius 1 is 1.07 bits per heavy atom. The monoisotopic (exact) mass is 440 g/mol. The zero-order valence-corrected chi connectivity index (χ0v) is 18.1. The van der Waals surface area contributed by atoms with Crippen molar-refractivity contribution in [1.29, 1.82) is 0 Å². The van der Waals surface area contributed by atoms with Crippen LogP contribution in [-0.2, 0) is 13.0 Å². The average molecular weight is 441 g/mol. The van der Waals surface area contributed by atoms with E-state index in [-0.39, 0.29) is 0 Å². The van der Waals surface area contributed by atoms with E-state index in [1.165, 1.54) is 0 Å². The fourth-order valence-corrected chi connectivity index (χ4v) is 4.09. The molecule has 0 saturated carbocycles. The first-order chi connectivity index (χ1) is 14.5. The first kappa shape index (κ1) is 20.6. The normalized spacial score (nSPS) is 13.0. The summed E-state index contributed by atoms with van der Waals surface area (Å²) in [5.41, 5.74) is 5.17. The Balaban J connectivity index is 1.46. The Morgan fingerprint density at radius 3 is 2.63 bits per heavy atom. The number of carbonyl (C=O) groups is 1. The van der Waals surface area contributed by atoms with Crippen LogP contribution in [0, 0.1) is 6.92 Å². The van der Waals surface area contributed by atoms with Crippen LogP contribution in [0.2, 0.25) is 10.0 Å². The van der Waals surface area contributed by atoms with Crippen LogP contribution in [0.1, 0.15) is 23.1 Å². The van der Waals surface area contributed by atoms with Gasteiger partial charge in [0.1, 0.15) is 5.75 Å². The van der Waals surface area contributed by atoms with E-state index in [0.29, 0.717) is 28.0 Å². The van der Waals surface area contributed by atoms with E-state index in [1.54, 1.807) is 6.07 Å². The largest absolute Gasteiger partial charge is 0.417 e. The van der Waals surface area contributed by atoms with Crippen LogP contribution in [-0.4, -0.2) is 12.6 Å². The quantitative estimate of drug-likeness (QED) is 0.481. The zero-order chi connectivity index (χ0) is 21.1. The summed E-state index contributed by atoms with van der Waals surface area (Å²) < 4.78 is 5.50. The number of hydrogen-bond donors (Lipinski definition) is 1. The second kappa shape index (κ2) is 8.99. The summed E-state index contributed by atoms with van der Waals surface area (Å²) in [5, 5.41) is 4.05. The molecule has 4 rings (SSSR count). The van der Waals surface area contributed by atoms with Gasteiger partial charge in [0, 0.05) is 34.5 Å². The number of rotatable bonds is 4. The molecule has 6 heteroatoms. The van der Waals surface area contributed by atoms with Gasteiger partial charge in [-0.3, -0.25) is 5.32 Å². The van der Waals surface area contributed by atoms with E-state index in [1.807, 2.05) is 61.5 Å². The zero-order valence-electron chi connectivity index (χ0n) is 16.6. The molecular weight excluding hydrogens is 419 g/mol. The Labute approximate surface area is 186 Å². The molecule has 1 aliphatic heterocycles. The van der Waals surface area contributed by atoms with E-state index >= 15 is 0 Å². The predicted molar refractivity (Wildman–Crippen MR) is 123 cm³/mol. The molecule has 0 unspecified atom stereocenters. The first-order valence-corrected chi connectivity index (χ1v) is 10.6. The lowest BCUT2D eigenvalue weighted by atomic mass is 10.0. The molecule has 1 N–H and O–H groups in total. The predicted octanol–water partition coefficient (Wildman–Crippen LogP) is 6.87. The lowest BCUT2D eigenvalue weighted by molar-refractivity contribution is 0.215. The molecule has 154 valence electrons. The van der Waals surface area contributed by atoms with Crippen LogP contribution in [0.4, 0.5) is 16.2 Å². The van der Waals surface area contributed by atoms with Crippen molar-refractivity contribution in [1.82, 2.24) is 0 Å². The molecule has 0 aromatic heterocycles. The van der Waals surface area contributed by atoms with Gasteiger partial charge < -0.3 is 9.64 Å². The fraction of sp³-hybridized carbons (Fsp3) is 0.208. The van der Waals surface area contributed by atoms with Gasteiger partial charge in [-0.2, -0.15) is 0 Å². The molecule has 0 bridgehead atoms. The molecule has 0 radical (unpaired) electrons. The SMILES string of the molecule is Cc1ccc(NC(=O)Oc2ccc3c(c2)CCCN3Cc2ccc(Cl)cc2Cl)cc1. The molecule has 0 saturated heterocycles. The molecule has 3 aromatic rings. The second-order valence-electron chi connectivity index (χ2n) is 7.43. The average Bonchev–Trinajstić information content (AvgIpc) is 2.72. The van der Waals surface area contributed by atoms with Crippen molar-refractivity contribution in [3.8, 4) is 5.75 Å². The molecule has 0 fully saturated rings. The van der Waals surface area contributed by atoms with Gasteiger partial charge >= 0.3 is 6.09 Å². The van der Waals surface area contributed by atoms with Crippen LogP contribution in [0.25, 0.3) is 0 Å². The standard InChI is InChI=1S/C24H22Cl2N2O2/c1-16-4-8-20(9-5-16)27-24(29)30-21-10-11-23-17(13-21)3-2-12-28(23)15-18-6-7-19(25)14-22(18)26/h4-11,13-14H,2-3,12,15H2,1H3,(H,27,29). The number of carbonyl (C=O) groups excluding carboxylic acids is 1. The number of amides is 1. The van der Waals surface area contributed by atoms with Crippen molar-refractivity contribution in [2.75, 3.05) is 16.8 Å². The fourth-order valence-electron chi connectivity index (χ4n) is 3.62. The van der Waals surface area contributed by atoms with Crippen molar-refractivity contribution >= 4 is 40.7 Å². The van der Waals surface area contributed by atoms with Crippen LogP contribution in [0.3, 0.4) is 0 Å². The van der Waals surface area contributed by atoms with Crippen molar-refractivity contribution in [3.05, 3.63) is 87.4 Å². The van der Waals surface area contributed by atoms with Gasteiger partial charge in [-0.25, -0.2) is 4.79 Å². The van der Waals surface area contributed by atoms with Gasteiger partial charge in [0.2, 0.25) is 0 Å². The van der Waals surface area contributed by atoms with Gasteiger partial charge in [0.15, 0.2) is 0 Å². The third-order valence-corrected chi connectivity index (χ3v) is 5.74. The van der Waals surface area contributed by atoms with E-state index in [2.05, 4.69) is 10.2 Å². The molecule has 4 nitrogen and oxygen atoms in total. The molecule has 1 aliphatic rings. The maximum absolute atomic E-state index is 12.2. The molecule has 0 spiro atoms. The highest BCUT2D eigenvalue weighted by molar-refractivity contribution is 6.35. The van der Waals surface area contributed by atoms with E-state index < -0.39 is 6.09 Å². The third kappa shape index (κ3) is 4.89. The lowest BCUT2D eigenvalue weighted by Gasteiger charge is -2.32. The molecular formula is C24H22Cl2N2O2. The number of fused-ring (bicyclic) bond motifs is 1. The number of aryl methyl sites for hydroxylation is 2. The van der Waals surface area contributed by atoms with Crippen LogP contribution in [0.15, 0.2) is 60.7 Å². The van der Waals surface area contributed by atoms with Gasteiger partial charge in [-0.1, -0.05) is 47.0 Å². The summed E-state index contributed by atoms with van der Waals surface area (Å²) in [6.07, 6.45) is 1.47. The number of hydrogen-bond acceptors (Lipinski definition) is 3. The van der Waals surface area contributed by atoms with Crippen LogP contribution >= 0.6 is 23.2 Å². The number of nitrogens with one attached hydrogen (secondary N) is 1. The number of nitrogens with zero attached hydrogens (tertiary/aromatic N) is 1. The minimum Gasteiger partial charge on any atom is -0.410 e. The number of benzene rings is 3. The van der Waals surface area contributed by atoms with E-state index in [9.17, 15) is 4.79 Å². The number of halogens is 2. The third-order valence-electron chi connectivity index (χ3n) is 5.15. The molecule has 30 heavy (non-hydrogen) atoms. The summed E-state index contributed by atoms with van der Waals surface area (Å²) in [6, 6.07) is 19.0. The van der Waals surface area contributed by atoms with Crippen molar-refractivity contribution in [2.45, 2.75) is 26.3 Å². The molecule has 3 aromatic carbocycles. The van der Waals surface area contributed by atoms with Gasteiger partial charge in [0.25, 0.3) is 0 Å². The van der Waals surface area contributed by atoms with Crippen LogP contribution < -0.4 is 15.0 Å². The van der Waals surface area contributed by atoms with Crippen molar-refractivity contribution in [2.24, 2.45) is 0 Å². The highest BCUT2D eigenvalue weighted by Crippen LogP contribution is 2.33. The highest BCUT2D eigenvalue weighted by atomic mass is 35.5. The maximum Gasteiger partial charge on any atom is 0.417 e. The summed E-state index contributed by atoms with van der Waals surface area (Å²) in [5.74, 6) is 0.532. The van der Waals surface area contributed by atoms with Gasteiger partial charge in [-0.05, 0) is 73.4 Å². The van der Waals surface area contributed by atoms with Crippen molar-refractivity contribution in [3.63, 3.8) is 0 Å². The summed E-state index contributed by atoms with van der Waals surface area (Å²) in [4.78, 5) is 14.5. The summed E-state index contributed by atoms with van der Waals surface area (Å²) >= 11 is 12.4. The Bertz CT molecular complexity index is 1070. The van der Waals surface area contributed by atoms with Gasteiger partial charge in [0.05, 0.1) is 0 Å². The molecule has 1 heterocycles. The Hall–Kier alpha value is -2.69. The number of ether oxygens (including phenoxy) is 1. The highest BCUT2D eigenvalue weighted by Gasteiger charge is 2.19. The van der Waals surface area contributed by atoms with Crippen LogP contribution in [0.5, 0.6) is 5.75 Å². The summed E-state index contributed by atoms with van der Waals surface area (Å²) in [7, 11) is 0. The molecule has 0 atom stereocenters. The molecule has 0 aliphatic carbocycles. The van der Waals surface area contributed by atoms with Gasteiger partial charge in [-0.15, -0.1) is 0 Å². The van der Waals surface area contributed by atoms with E-state index in [4.69, 9.17) is 27.9 Å². The number of anilines is 2. The van der Waals surface area contributed by atoms with Crippen molar-refractivity contribution < 1.29 is 9.53 Å². The topological polar surface area (TPSA) is 41.6 Å². The Kier molecular flexibility index (Phi) is 6.16. The van der Waals surface area contributed by atoms with E-state index in [0.717, 1.165) is 41.8 Å². The second-order valence-corrected chi connectivity index (χ2v) is 8.28. The maximum atomic E-state index is 12.2. The smallest absolute Gasteiger partial charge is 0.410 e. The minimum atomic E-state index is -0.501. The summed E-state index contributed by atoms with van der Waals surface area (Å²) in [6.45, 7) is 3.65. The lowest BCUT2D eigenvalue weighted by Crippen LogP contribution is -2.29. The Morgan fingerprint density at radius 2 is 1.87 bits per heavy atom.